The predicted molar refractivity (Wildman–Crippen MR) is 110 cm³/mol. The largest absolute Gasteiger partial charge is 0.389 e. The van der Waals surface area contributed by atoms with E-state index in [9.17, 15) is 14.3 Å². The number of aromatic nitrogens is 1. The highest BCUT2D eigenvalue weighted by Gasteiger charge is 2.37. The third kappa shape index (κ3) is 4.84. The average Bonchev–Trinajstić information content (AvgIpc) is 3.19. The van der Waals surface area contributed by atoms with Gasteiger partial charge in [0.15, 0.2) is 0 Å². The molecule has 2 aromatic rings. The standard InChI is InChI=1S/C24H29FN2O2/c25-20-7-4-6-18(15-20)14-19-9-10-21(26-17-19)22-8-5-13-27(22)23(28)16-24(29)11-2-1-3-12-24/h4,6-7,9-10,15,17,22,29H,1-3,5,8,11-14,16H2/t22-/m1/s1. The summed E-state index contributed by atoms with van der Waals surface area (Å²) in [7, 11) is 0. The highest BCUT2D eigenvalue weighted by molar-refractivity contribution is 5.78. The summed E-state index contributed by atoms with van der Waals surface area (Å²) in [6.45, 7) is 0.728. The van der Waals surface area contributed by atoms with Gasteiger partial charge in [0.2, 0.25) is 5.91 Å². The number of carbonyl (C=O) groups is 1. The lowest BCUT2D eigenvalue weighted by molar-refractivity contribution is -0.138. The van der Waals surface area contributed by atoms with Gasteiger partial charge in [-0.05, 0) is 61.4 Å². The maximum atomic E-state index is 13.4. The molecule has 4 rings (SSSR count). The molecule has 1 saturated heterocycles. The van der Waals surface area contributed by atoms with Crippen molar-refractivity contribution < 1.29 is 14.3 Å². The molecule has 1 amide bonds. The molecule has 1 atom stereocenters. The van der Waals surface area contributed by atoms with Gasteiger partial charge in [0, 0.05) is 12.7 Å². The van der Waals surface area contributed by atoms with E-state index in [4.69, 9.17) is 0 Å². The van der Waals surface area contributed by atoms with Crippen LogP contribution in [-0.2, 0) is 11.2 Å². The van der Waals surface area contributed by atoms with Crippen LogP contribution in [0.4, 0.5) is 4.39 Å². The van der Waals surface area contributed by atoms with Crippen LogP contribution < -0.4 is 0 Å². The number of amides is 1. The quantitative estimate of drug-likeness (QED) is 0.806. The third-order valence-electron chi connectivity index (χ3n) is 6.32. The normalized spacial score (nSPS) is 21.3. The van der Waals surface area contributed by atoms with Crippen molar-refractivity contribution in [2.24, 2.45) is 0 Å². The molecule has 2 fully saturated rings. The van der Waals surface area contributed by atoms with E-state index in [2.05, 4.69) is 4.98 Å². The van der Waals surface area contributed by atoms with Crippen molar-refractivity contribution in [1.29, 1.82) is 0 Å². The molecule has 0 bridgehead atoms. The van der Waals surface area contributed by atoms with Crippen LogP contribution in [0.15, 0.2) is 42.6 Å². The van der Waals surface area contributed by atoms with Gasteiger partial charge in [0.05, 0.1) is 23.8 Å². The Morgan fingerprint density at radius 2 is 1.97 bits per heavy atom. The summed E-state index contributed by atoms with van der Waals surface area (Å²) in [5.74, 6) is -0.186. The number of hydrogen-bond donors (Lipinski definition) is 1. The summed E-state index contributed by atoms with van der Waals surface area (Å²) in [5, 5.41) is 10.8. The molecule has 1 aromatic heterocycles. The first kappa shape index (κ1) is 20.0. The molecular weight excluding hydrogens is 367 g/mol. The van der Waals surface area contributed by atoms with Gasteiger partial charge >= 0.3 is 0 Å². The lowest BCUT2D eigenvalue weighted by Crippen LogP contribution is -2.40. The number of halogens is 1. The minimum absolute atomic E-state index is 0.0158. The van der Waals surface area contributed by atoms with Crippen molar-refractivity contribution in [3.05, 3.63) is 65.2 Å². The van der Waals surface area contributed by atoms with Crippen molar-refractivity contribution in [1.82, 2.24) is 9.88 Å². The molecule has 154 valence electrons. The minimum atomic E-state index is -0.829. The Morgan fingerprint density at radius 1 is 1.14 bits per heavy atom. The third-order valence-corrected chi connectivity index (χ3v) is 6.32. The molecule has 1 aromatic carbocycles. The average molecular weight is 397 g/mol. The summed E-state index contributed by atoms with van der Waals surface area (Å²) < 4.78 is 13.4. The van der Waals surface area contributed by atoms with Crippen LogP contribution in [0.5, 0.6) is 0 Å². The van der Waals surface area contributed by atoms with Gasteiger partial charge in [0.25, 0.3) is 0 Å². The van der Waals surface area contributed by atoms with Crippen LogP contribution in [0.2, 0.25) is 0 Å². The Balaban J connectivity index is 1.42. The fraction of sp³-hybridized carbons (Fsp3) is 0.500. The number of rotatable bonds is 5. The Kier molecular flexibility index (Phi) is 5.95. The molecule has 5 heteroatoms. The van der Waals surface area contributed by atoms with E-state index in [0.717, 1.165) is 68.3 Å². The monoisotopic (exact) mass is 396 g/mol. The first-order valence-electron chi connectivity index (χ1n) is 10.7. The van der Waals surface area contributed by atoms with E-state index in [-0.39, 0.29) is 24.2 Å². The Labute approximate surface area is 171 Å². The summed E-state index contributed by atoms with van der Waals surface area (Å²) in [6.07, 6.45) is 9.15. The first-order chi connectivity index (χ1) is 14.0. The number of nitrogens with zero attached hydrogens (tertiary/aromatic N) is 2. The lowest BCUT2D eigenvalue weighted by atomic mass is 9.82. The van der Waals surface area contributed by atoms with E-state index in [1.165, 1.54) is 6.07 Å². The van der Waals surface area contributed by atoms with Gasteiger partial charge in [-0.15, -0.1) is 0 Å². The molecule has 2 aliphatic rings. The maximum absolute atomic E-state index is 13.4. The molecule has 1 N–H and O–H groups in total. The molecule has 0 radical (unpaired) electrons. The Bertz CT molecular complexity index is 846. The lowest BCUT2D eigenvalue weighted by Gasteiger charge is -2.34. The summed E-state index contributed by atoms with van der Waals surface area (Å²) in [4.78, 5) is 19.5. The predicted octanol–water partition coefficient (Wildman–Crippen LogP) is 4.56. The molecule has 29 heavy (non-hydrogen) atoms. The van der Waals surface area contributed by atoms with Crippen LogP contribution in [0.25, 0.3) is 0 Å². The Hall–Kier alpha value is -2.27. The zero-order valence-electron chi connectivity index (χ0n) is 16.8. The second-order valence-electron chi connectivity index (χ2n) is 8.60. The fourth-order valence-corrected chi connectivity index (χ4v) is 4.76. The molecule has 2 heterocycles. The van der Waals surface area contributed by atoms with Gasteiger partial charge in [0.1, 0.15) is 5.82 Å². The second-order valence-corrected chi connectivity index (χ2v) is 8.60. The zero-order valence-corrected chi connectivity index (χ0v) is 16.8. The van der Waals surface area contributed by atoms with Crippen molar-refractivity contribution in [2.45, 2.75) is 69.4 Å². The number of likely N-dealkylation sites (tertiary alicyclic amines) is 1. The van der Waals surface area contributed by atoms with Crippen molar-refractivity contribution >= 4 is 5.91 Å². The van der Waals surface area contributed by atoms with Gasteiger partial charge < -0.3 is 10.0 Å². The van der Waals surface area contributed by atoms with Crippen molar-refractivity contribution in [2.75, 3.05) is 6.54 Å². The molecule has 1 saturated carbocycles. The molecular formula is C24H29FN2O2. The Morgan fingerprint density at radius 3 is 2.69 bits per heavy atom. The number of hydrogen-bond acceptors (Lipinski definition) is 3. The number of pyridine rings is 1. The van der Waals surface area contributed by atoms with Crippen molar-refractivity contribution in [3.8, 4) is 0 Å². The van der Waals surface area contributed by atoms with E-state index in [0.29, 0.717) is 6.42 Å². The minimum Gasteiger partial charge on any atom is -0.389 e. The van der Waals surface area contributed by atoms with E-state index in [1.54, 1.807) is 12.1 Å². The molecule has 0 unspecified atom stereocenters. The van der Waals surface area contributed by atoms with Crippen LogP contribution in [0, 0.1) is 5.82 Å². The molecule has 4 nitrogen and oxygen atoms in total. The van der Waals surface area contributed by atoms with E-state index in [1.807, 2.05) is 29.3 Å². The smallest absolute Gasteiger partial charge is 0.226 e. The van der Waals surface area contributed by atoms with E-state index >= 15 is 0 Å². The number of aliphatic hydroxyl groups is 1. The van der Waals surface area contributed by atoms with Gasteiger partial charge in [-0.2, -0.15) is 0 Å². The van der Waals surface area contributed by atoms with Crippen molar-refractivity contribution in [3.63, 3.8) is 0 Å². The maximum Gasteiger partial charge on any atom is 0.226 e. The van der Waals surface area contributed by atoms with Gasteiger partial charge in [-0.1, -0.05) is 37.5 Å². The summed E-state index contributed by atoms with van der Waals surface area (Å²) in [5.41, 5.74) is 2.00. The summed E-state index contributed by atoms with van der Waals surface area (Å²) >= 11 is 0. The SMILES string of the molecule is O=C(CC1(O)CCCCC1)N1CCC[C@@H]1c1ccc(Cc2cccc(F)c2)cn1. The van der Waals surface area contributed by atoms with Gasteiger partial charge in [-0.25, -0.2) is 4.39 Å². The fourth-order valence-electron chi connectivity index (χ4n) is 4.76. The molecule has 1 aliphatic carbocycles. The zero-order chi connectivity index (χ0) is 20.3. The van der Waals surface area contributed by atoms with Crippen LogP contribution in [0.1, 0.15) is 74.2 Å². The molecule has 1 aliphatic heterocycles. The van der Waals surface area contributed by atoms with Crippen LogP contribution in [0.3, 0.4) is 0 Å². The topological polar surface area (TPSA) is 53.4 Å². The van der Waals surface area contributed by atoms with Crippen LogP contribution in [-0.4, -0.2) is 33.0 Å². The highest BCUT2D eigenvalue weighted by atomic mass is 19.1. The number of benzene rings is 1. The molecule has 0 spiro atoms. The highest BCUT2D eigenvalue weighted by Crippen LogP contribution is 2.35. The number of carbonyl (C=O) groups excluding carboxylic acids is 1. The van der Waals surface area contributed by atoms with E-state index < -0.39 is 5.60 Å². The van der Waals surface area contributed by atoms with Crippen LogP contribution >= 0.6 is 0 Å². The van der Waals surface area contributed by atoms with Gasteiger partial charge in [-0.3, -0.25) is 9.78 Å². The summed E-state index contributed by atoms with van der Waals surface area (Å²) in [6, 6.07) is 10.6. The first-order valence-corrected chi connectivity index (χ1v) is 10.7. The second kappa shape index (κ2) is 8.62.